The molecule has 20 heavy (non-hydrogen) atoms. The van der Waals surface area contributed by atoms with E-state index in [4.69, 9.17) is 5.73 Å². The predicted octanol–water partition coefficient (Wildman–Crippen LogP) is 2.04. The van der Waals surface area contributed by atoms with Crippen molar-refractivity contribution in [3.63, 3.8) is 0 Å². The molecule has 1 saturated carbocycles. The molecular weight excluding hydrogens is 272 g/mol. The molecule has 1 aromatic carbocycles. The maximum absolute atomic E-state index is 12.0. The zero-order valence-electron chi connectivity index (χ0n) is 12.4. The van der Waals surface area contributed by atoms with Gasteiger partial charge in [-0.1, -0.05) is 32.9 Å². The van der Waals surface area contributed by atoms with Gasteiger partial charge in [-0.15, -0.1) is 0 Å². The molecule has 1 aromatic rings. The third-order valence-electron chi connectivity index (χ3n) is 3.70. The summed E-state index contributed by atoms with van der Waals surface area (Å²) in [4.78, 5) is 0.331. The largest absolute Gasteiger partial charge is 0.327 e. The first-order valence-electron chi connectivity index (χ1n) is 7.05. The molecule has 112 valence electrons. The number of hydrogen-bond acceptors (Lipinski definition) is 3. The third kappa shape index (κ3) is 4.04. The number of hydrogen-bond donors (Lipinski definition) is 2. The Bertz CT molecular complexity index is 555. The van der Waals surface area contributed by atoms with Gasteiger partial charge in [-0.05, 0) is 42.4 Å². The van der Waals surface area contributed by atoms with Crippen LogP contribution in [-0.4, -0.2) is 20.5 Å². The second-order valence-electron chi connectivity index (χ2n) is 6.72. The van der Waals surface area contributed by atoms with Gasteiger partial charge in [-0.2, -0.15) is 0 Å². The lowest BCUT2D eigenvalue weighted by molar-refractivity contribution is 0.318. The van der Waals surface area contributed by atoms with Crippen LogP contribution >= 0.6 is 0 Å². The zero-order valence-corrected chi connectivity index (χ0v) is 13.2. The molecular formula is C15H24N2O2S. The van der Waals surface area contributed by atoms with Crippen molar-refractivity contribution in [3.8, 4) is 0 Å². The summed E-state index contributed by atoms with van der Waals surface area (Å²) in [6.45, 7) is 6.32. The van der Waals surface area contributed by atoms with Crippen LogP contribution in [0.2, 0.25) is 0 Å². The van der Waals surface area contributed by atoms with Crippen LogP contribution in [0.1, 0.15) is 39.2 Å². The van der Waals surface area contributed by atoms with E-state index in [1.165, 1.54) is 0 Å². The minimum atomic E-state index is -3.35. The van der Waals surface area contributed by atoms with Crippen LogP contribution in [0, 0.1) is 5.41 Å². The summed E-state index contributed by atoms with van der Waals surface area (Å²) in [5.41, 5.74) is 7.26. The molecule has 0 aliphatic heterocycles. The highest BCUT2D eigenvalue weighted by molar-refractivity contribution is 7.89. The summed E-state index contributed by atoms with van der Waals surface area (Å²) in [6, 6.07) is 7.22. The average Bonchev–Trinajstić information content (AvgIpc) is 3.11. The van der Waals surface area contributed by atoms with Gasteiger partial charge in [0.2, 0.25) is 10.0 Å². The molecule has 0 aromatic heterocycles. The highest BCUT2D eigenvalue weighted by Gasteiger charge is 2.28. The lowest BCUT2D eigenvalue weighted by Crippen LogP contribution is -2.36. The van der Waals surface area contributed by atoms with Crippen LogP contribution in [0.4, 0.5) is 0 Å². The van der Waals surface area contributed by atoms with Crippen LogP contribution in [0.25, 0.3) is 0 Å². The molecule has 0 saturated heterocycles. The molecule has 3 N–H and O–H groups in total. The Kier molecular flexibility index (Phi) is 4.23. The molecule has 5 heteroatoms. The van der Waals surface area contributed by atoms with Crippen molar-refractivity contribution in [1.82, 2.24) is 4.72 Å². The first-order valence-corrected chi connectivity index (χ1v) is 8.54. The van der Waals surface area contributed by atoms with E-state index in [0.29, 0.717) is 4.90 Å². The second kappa shape index (κ2) is 5.47. The van der Waals surface area contributed by atoms with Gasteiger partial charge in [-0.3, -0.25) is 0 Å². The summed E-state index contributed by atoms with van der Waals surface area (Å²) in [6.07, 6.45) is 2.63. The van der Waals surface area contributed by atoms with Crippen molar-refractivity contribution in [2.75, 3.05) is 0 Å². The van der Waals surface area contributed by atoms with Crippen LogP contribution in [0.5, 0.6) is 0 Å². The normalized spacial score (nSPS) is 18.0. The molecule has 1 aliphatic rings. The number of nitrogens with one attached hydrogen (secondary N) is 1. The quantitative estimate of drug-likeness (QED) is 0.873. The Balaban J connectivity index is 2.06. The Morgan fingerprint density at radius 2 is 1.80 bits per heavy atom. The molecule has 1 aliphatic carbocycles. The van der Waals surface area contributed by atoms with Gasteiger partial charge < -0.3 is 5.73 Å². The Labute approximate surface area is 121 Å². The van der Waals surface area contributed by atoms with Crippen molar-refractivity contribution in [2.45, 2.75) is 57.0 Å². The molecule has 1 unspecified atom stereocenters. The van der Waals surface area contributed by atoms with Gasteiger partial charge in [0, 0.05) is 12.1 Å². The van der Waals surface area contributed by atoms with E-state index in [-0.39, 0.29) is 17.5 Å². The minimum Gasteiger partial charge on any atom is -0.327 e. The number of sulfonamides is 1. The van der Waals surface area contributed by atoms with E-state index >= 15 is 0 Å². The SMILES string of the molecule is CC(C)(C)C(N)Cc1ccc(S(=O)(=O)NC2CC2)cc1. The van der Waals surface area contributed by atoms with E-state index in [1.807, 2.05) is 12.1 Å². The fourth-order valence-electron chi connectivity index (χ4n) is 1.85. The molecule has 1 fully saturated rings. The third-order valence-corrected chi connectivity index (χ3v) is 5.24. The molecule has 0 bridgehead atoms. The van der Waals surface area contributed by atoms with Crippen molar-refractivity contribution >= 4 is 10.0 Å². The van der Waals surface area contributed by atoms with E-state index in [0.717, 1.165) is 24.8 Å². The van der Waals surface area contributed by atoms with Gasteiger partial charge >= 0.3 is 0 Å². The number of nitrogens with two attached hydrogens (primary N) is 1. The average molecular weight is 296 g/mol. The highest BCUT2D eigenvalue weighted by Crippen LogP contribution is 2.23. The lowest BCUT2D eigenvalue weighted by atomic mass is 9.84. The molecule has 0 radical (unpaired) electrons. The summed E-state index contributed by atoms with van der Waals surface area (Å²) in [5.74, 6) is 0. The van der Waals surface area contributed by atoms with E-state index in [2.05, 4.69) is 25.5 Å². The zero-order chi connectivity index (χ0) is 15.0. The smallest absolute Gasteiger partial charge is 0.240 e. The van der Waals surface area contributed by atoms with Gasteiger partial charge in [0.25, 0.3) is 0 Å². The summed E-state index contributed by atoms with van der Waals surface area (Å²) in [7, 11) is -3.35. The van der Waals surface area contributed by atoms with Crippen LogP contribution < -0.4 is 10.5 Å². The predicted molar refractivity (Wildman–Crippen MR) is 80.9 cm³/mol. The molecule has 0 spiro atoms. The fraction of sp³-hybridized carbons (Fsp3) is 0.600. The van der Waals surface area contributed by atoms with Crippen molar-refractivity contribution in [3.05, 3.63) is 29.8 Å². The minimum absolute atomic E-state index is 0.0400. The van der Waals surface area contributed by atoms with E-state index in [9.17, 15) is 8.42 Å². The first kappa shape index (κ1) is 15.5. The van der Waals surface area contributed by atoms with Crippen LogP contribution in [-0.2, 0) is 16.4 Å². The Morgan fingerprint density at radius 1 is 1.25 bits per heavy atom. The maximum atomic E-state index is 12.0. The number of rotatable bonds is 5. The maximum Gasteiger partial charge on any atom is 0.240 e. The van der Waals surface area contributed by atoms with Crippen molar-refractivity contribution < 1.29 is 8.42 Å². The summed E-state index contributed by atoms with van der Waals surface area (Å²) in [5, 5.41) is 0. The second-order valence-corrected chi connectivity index (χ2v) is 8.43. The fourth-order valence-corrected chi connectivity index (χ4v) is 3.16. The highest BCUT2D eigenvalue weighted by atomic mass is 32.2. The lowest BCUT2D eigenvalue weighted by Gasteiger charge is -2.27. The standard InChI is InChI=1S/C15H24N2O2S/c1-15(2,3)14(16)10-11-4-8-13(9-5-11)20(18,19)17-12-6-7-12/h4-5,8-9,12,14,17H,6-7,10,16H2,1-3H3. The van der Waals surface area contributed by atoms with Crippen molar-refractivity contribution in [1.29, 1.82) is 0 Å². The summed E-state index contributed by atoms with van der Waals surface area (Å²) >= 11 is 0. The van der Waals surface area contributed by atoms with Gasteiger partial charge in [0.1, 0.15) is 0 Å². The van der Waals surface area contributed by atoms with Gasteiger partial charge in [-0.25, -0.2) is 13.1 Å². The first-order chi connectivity index (χ1) is 9.18. The Morgan fingerprint density at radius 3 is 2.25 bits per heavy atom. The van der Waals surface area contributed by atoms with E-state index < -0.39 is 10.0 Å². The van der Waals surface area contributed by atoms with Crippen LogP contribution in [0.3, 0.4) is 0 Å². The van der Waals surface area contributed by atoms with Gasteiger partial charge in [0.05, 0.1) is 4.90 Å². The van der Waals surface area contributed by atoms with Gasteiger partial charge in [0.15, 0.2) is 0 Å². The van der Waals surface area contributed by atoms with E-state index in [1.54, 1.807) is 12.1 Å². The monoisotopic (exact) mass is 296 g/mol. The molecule has 1 atom stereocenters. The molecule has 0 heterocycles. The molecule has 0 amide bonds. The Hall–Kier alpha value is -0.910. The topological polar surface area (TPSA) is 72.2 Å². The number of benzene rings is 1. The summed E-state index contributed by atoms with van der Waals surface area (Å²) < 4.78 is 26.8. The van der Waals surface area contributed by atoms with Crippen LogP contribution in [0.15, 0.2) is 29.2 Å². The molecule has 2 rings (SSSR count). The molecule has 4 nitrogen and oxygen atoms in total. The van der Waals surface area contributed by atoms with Crippen molar-refractivity contribution in [2.24, 2.45) is 11.1 Å².